The van der Waals surface area contributed by atoms with Gasteiger partial charge >= 0.3 is 0 Å². The average molecular weight is 392 g/mol. The quantitative estimate of drug-likeness (QED) is 0.752. The minimum Gasteiger partial charge on any atom is -0.388 e. The molecule has 0 saturated heterocycles. The molecular formula is C22H29FO5. The van der Waals surface area contributed by atoms with Crippen LogP contribution in [-0.2, 0) is 14.4 Å². The summed E-state index contributed by atoms with van der Waals surface area (Å²) in [7, 11) is 0. The van der Waals surface area contributed by atoms with Gasteiger partial charge in [0.2, 0.25) is 0 Å². The number of hydrogen-bond acceptors (Lipinski definition) is 5. The second-order valence-electron chi connectivity index (χ2n) is 10.0. The maximum atomic E-state index is 14.4. The van der Waals surface area contributed by atoms with Crippen molar-refractivity contribution in [3.8, 4) is 0 Å². The molecule has 154 valence electrons. The summed E-state index contributed by atoms with van der Waals surface area (Å²) in [6.45, 7) is 4.98. The lowest BCUT2D eigenvalue weighted by atomic mass is 9.44. The molecule has 8 atom stereocenters. The van der Waals surface area contributed by atoms with Gasteiger partial charge in [0.25, 0.3) is 0 Å². The van der Waals surface area contributed by atoms with Crippen molar-refractivity contribution in [2.45, 2.75) is 64.6 Å². The van der Waals surface area contributed by atoms with E-state index in [1.54, 1.807) is 6.92 Å². The van der Waals surface area contributed by atoms with Gasteiger partial charge in [0.15, 0.2) is 17.7 Å². The van der Waals surface area contributed by atoms with Gasteiger partial charge in [-0.1, -0.05) is 26.3 Å². The molecule has 0 aromatic carbocycles. The van der Waals surface area contributed by atoms with E-state index < -0.39 is 46.7 Å². The normalized spacial score (nSPS) is 50.5. The Labute approximate surface area is 164 Å². The zero-order valence-corrected chi connectivity index (χ0v) is 16.7. The van der Waals surface area contributed by atoms with E-state index in [0.717, 1.165) is 5.57 Å². The molecule has 0 spiro atoms. The molecule has 0 aliphatic heterocycles. The number of Topliss-reactive ketones (excluding diaryl/α,β-unsaturated/α-hetero) is 2. The summed E-state index contributed by atoms with van der Waals surface area (Å²) in [6, 6.07) is 0. The second kappa shape index (κ2) is 6.05. The smallest absolute Gasteiger partial charge is 0.190 e. The first-order chi connectivity index (χ1) is 13.0. The molecule has 4 rings (SSSR count). The predicted molar refractivity (Wildman–Crippen MR) is 99.0 cm³/mol. The van der Waals surface area contributed by atoms with Gasteiger partial charge in [-0.25, -0.2) is 4.39 Å². The second-order valence-corrected chi connectivity index (χ2v) is 10.0. The third-order valence-corrected chi connectivity index (χ3v) is 8.73. The Hall–Kier alpha value is -1.40. The van der Waals surface area contributed by atoms with Crippen LogP contribution < -0.4 is 0 Å². The van der Waals surface area contributed by atoms with Crippen LogP contribution in [0.2, 0.25) is 0 Å². The number of halogens is 1. The molecule has 4 aliphatic carbocycles. The third-order valence-electron chi connectivity index (χ3n) is 8.73. The van der Waals surface area contributed by atoms with Crippen LogP contribution in [0.5, 0.6) is 0 Å². The topological polar surface area (TPSA) is 91.7 Å². The van der Waals surface area contributed by atoms with Crippen molar-refractivity contribution in [3.05, 3.63) is 11.6 Å². The number of fused-ring (bicyclic) bond motifs is 5. The monoisotopic (exact) mass is 392 g/mol. The molecule has 6 heteroatoms. The highest BCUT2D eigenvalue weighted by atomic mass is 19.1. The van der Waals surface area contributed by atoms with Crippen LogP contribution in [0.4, 0.5) is 4.39 Å². The maximum Gasteiger partial charge on any atom is 0.190 e. The van der Waals surface area contributed by atoms with Gasteiger partial charge in [-0.2, -0.15) is 0 Å². The van der Waals surface area contributed by atoms with E-state index in [1.807, 2.05) is 13.8 Å². The van der Waals surface area contributed by atoms with Crippen LogP contribution in [0.1, 0.15) is 52.9 Å². The molecule has 5 nitrogen and oxygen atoms in total. The highest BCUT2D eigenvalue weighted by Gasteiger charge is 2.69. The Morgan fingerprint density at radius 3 is 2.64 bits per heavy atom. The zero-order chi connectivity index (χ0) is 20.6. The van der Waals surface area contributed by atoms with Crippen LogP contribution in [0.3, 0.4) is 0 Å². The highest BCUT2D eigenvalue weighted by molar-refractivity contribution is 5.97. The van der Waals surface area contributed by atoms with E-state index in [0.29, 0.717) is 12.8 Å². The average Bonchev–Trinajstić information content (AvgIpc) is 2.88. The number of aliphatic hydroxyl groups excluding tert-OH is 1. The summed E-state index contributed by atoms with van der Waals surface area (Å²) in [4.78, 5) is 37.8. The van der Waals surface area contributed by atoms with Gasteiger partial charge in [0, 0.05) is 23.2 Å². The third kappa shape index (κ3) is 2.28. The molecule has 1 unspecified atom stereocenters. The molecule has 0 radical (unpaired) electrons. The summed E-state index contributed by atoms with van der Waals surface area (Å²) in [6.07, 6.45) is 1.44. The molecule has 0 heterocycles. The van der Waals surface area contributed by atoms with Crippen LogP contribution in [0.25, 0.3) is 0 Å². The number of ketones is 3. The fourth-order valence-corrected chi connectivity index (χ4v) is 7.45. The number of rotatable bonds is 2. The van der Waals surface area contributed by atoms with E-state index in [9.17, 15) is 29.0 Å². The van der Waals surface area contributed by atoms with E-state index >= 15 is 0 Å². The zero-order valence-electron chi connectivity index (χ0n) is 16.7. The number of carbonyl (C=O) groups is 3. The maximum absolute atomic E-state index is 14.4. The van der Waals surface area contributed by atoms with Crippen LogP contribution >= 0.6 is 0 Å². The SMILES string of the molecule is C[C@H]1C[C@@H]2[C@H](C(=O)C[C@@]3(C)[C@H]2CC[C@]3(O)C(=O)CO)[C@@]2(C)CC(F)C(=O)C=C12. The minimum atomic E-state index is -1.70. The molecule has 0 bridgehead atoms. The fraction of sp³-hybridized carbons (Fsp3) is 0.773. The predicted octanol–water partition coefficient (Wildman–Crippen LogP) is 2.18. The Morgan fingerprint density at radius 2 is 2.00 bits per heavy atom. The first-order valence-corrected chi connectivity index (χ1v) is 10.3. The first-order valence-electron chi connectivity index (χ1n) is 10.3. The van der Waals surface area contributed by atoms with Gasteiger partial charge in [-0.05, 0) is 49.5 Å². The van der Waals surface area contributed by atoms with Crippen molar-refractivity contribution >= 4 is 17.3 Å². The Morgan fingerprint density at radius 1 is 1.32 bits per heavy atom. The highest BCUT2D eigenvalue weighted by Crippen LogP contribution is 2.67. The molecule has 2 N–H and O–H groups in total. The molecule has 0 aromatic heterocycles. The van der Waals surface area contributed by atoms with Gasteiger partial charge < -0.3 is 10.2 Å². The van der Waals surface area contributed by atoms with Crippen molar-refractivity contribution in [3.63, 3.8) is 0 Å². The number of carbonyl (C=O) groups excluding carboxylic acids is 3. The molecule has 0 aromatic rings. The summed E-state index contributed by atoms with van der Waals surface area (Å²) < 4.78 is 14.4. The van der Waals surface area contributed by atoms with Crippen molar-refractivity contribution < 1.29 is 29.0 Å². The molecule has 4 aliphatic rings. The number of aliphatic hydroxyl groups is 2. The molecular weight excluding hydrogens is 363 g/mol. The summed E-state index contributed by atoms with van der Waals surface area (Å²) >= 11 is 0. The van der Waals surface area contributed by atoms with Crippen molar-refractivity contribution in [1.29, 1.82) is 0 Å². The van der Waals surface area contributed by atoms with Gasteiger partial charge in [0.1, 0.15) is 18.0 Å². The summed E-state index contributed by atoms with van der Waals surface area (Å²) in [5.41, 5.74) is -2.43. The minimum absolute atomic E-state index is 0.0260. The first kappa shape index (κ1) is 19.9. The molecule has 28 heavy (non-hydrogen) atoms. The van der Waals surface area contributed by atoms with Crippen molar-refractivity contribution in [2.75, 3.05) is 6.61 Å². The summed E-state index contributed by atoms with van der Waals surface area (Å²) in [5, 5.41) is 20.6. The van der Waals surface area contributed by atoms with Gasteiger partial charge in [0.05, 0.1) is 0 Å². The number of allylic oxidation sites excluding steroid dienone is 1. The lowest BCUT2D eigenvalue weighted by molar-refractivity contribution is -0.172. The van der Waals surface area contributed by atoms with E-state index in [4.69, 9.17) is 0 Å². The van der Waals surface area contributed by atoms with Crippen molar-refractivity contribution in [2.24, 2.45) is 34.5 Å². The Balaban J connectivity index is 1.79. The number of hydrogen-bond donors (Lipinski definition) is 2. The molecule has 3 saturated carbocycles. The molecule has 0 amide bonds. The van der Waals surface area contributed by atoms with E-state index in [-0.39, 0.29) is 42.8 Å². The Kier molecular flexibility index (Phi) is 4.30. The largest absolute Gasteiger partial charge is 0.388 e. The lowest BCUT2D eigenvalue weighted by Crippen LogP contribution is -2.62. The Bertz CT molecular complexity index is 790. The van der Waals surface area contributed by atoms with Crippen molar-refractivity contribution in [1.82, 2.24) is 0 Å². The summed E-state index contributed by atoms with van der Waals surface area (Å²) in [5.74, 6) is -1.65. The van der Waals surface area contributed by atoms with Gasteiger partial charge in [-0.15, -0.1) is 0 Å². The van der Waals surface area contributed by atoms with E-state index in [2.05, 4.69) is 0 Å². The van der Waals surface area contributed by atoms with Crippen LogP contribution in [0, 0.1) is 34.5 Å². The number of alkyl halides is 1. The van der Waals surface area contributed by atoms with Gasteiger partial charge in [-0.3, -0.25) is 14.4 Å². The van der Waals surface area contributed by atoms with Crippen LogP contribution in [-0.4, -0.2) is 45.9 Å². The van der Waals surface area contributed by atoms with Crippen LogP contribution in [0.15, 0.2) is 11.6 Å². The standard InChI is InChI=1S/C22H29FO5/c1-11-6-12-13-4-5-22(28,18(27)10-24)21(13,3)9-17(26)19(12)20(2)8-15(23)16(25)7-14(11)20/h7,11-13,15,19,24,28H,4-6,8-10H2,1-3H3/t11-,12-,13-,15?,19+,20-,21-,22-/m0/s1. The molecule has 3 fully saturated rings. The lowest BCUT2D eigenvalue weighted by Gasteiger charge is -2.59. The van der Waals surface area contributed by atoms with E-state index in [1.165, 1.54) is 6.08 Å². The fourth-order valence-electron chi connectivity index (χ4n) is 7.45.